The van der Waals surface area contributed by atoms with Gasteiger partial charge in [-0.2, -0.15) is 5.10 Å². The monoisotopic (exact) mass is 436 g/mol. The molecule has 0 bridgehead atoms. The van der Waals surface area contributed by atoms with Gasteiger partial charge in [-0.05, 0) is 55.0 Å². The zero-order valence-corrected chi connectivity index (χ0v) is 18.8. The lowest BCUT2D eigenvalue weighted by atomic mass is 10.1. The first kappa shape index (κ1) is 21.7. The molecule has 2 aromatic carbocycles. The summed E-state index contributed by atoms with van der Waals surface area (Å²) in [7, 11) is 6.70. The Morgan fingerprint density at radius 2 is 1.84 bits per heavy atom. The Bertz CT molecular complexity index is 1090. The number of methoxy groups -OCH3 is 3. The van der Waals surface area contributed by atoms with Crippen LogP contribution >= 0.6 is 0 Å². The molecule has 2 heterocycles. The number of anilines is 2. The highest BCUT2D eigenvalue weighted by Gasteiger charge is 2.22. The quantitative estimate of drug-likeness (QED) is 0.610. The van der Waals surface area contributed by atoms with E-state index >= 15 is 0 Å². The summed E-state index contributed by atoms with van der Waals surface area (Å²) in [5, 5.41) is 7.46. The van der Waals surface area contributed by atoms with Gasteiger partial charge < -0.3 is 24.4 Å². The van der Waals surface area contributed by atoms with Gasteiger partial charge >= 0.3 is 0 Å². The van der Waals surface area contributed by atoms with Gasteiger partial charge in [0.25, 0.3) is 5.91 Å². The van der Waals surface area contributed by atoms with E-state index in [2.05, 4.69) is 15.3 Å². The molecule has 1 aromatic heterocycles. The zero-order valence-electron chi connectivity index (χ0n) is 18.8. The fourth-order valence-electron chi connectivity index (χ4n) is 3.93. The maximum absolute atomic E-state index is 12.9. The average molecular weight is 437 g/mol. The Kier molecular flexibility index (Phi) is 6.32. The van der Waals surface area contributed by atoms with Crippen LogP contribution in [0.25, 0.3) is 11.3 Å². The summed E-state index contributed by atoms with van der Waals surface area (Å²) in [5.74, 6) is 1.11. The lowest BCUT2D eigenvalue weighted by Crippen LogP contribution is -2.22. The van der Waals surface area contributed by atoms with Crippen molar-refractivity contribution in [3.8, 4) is 22.8 Å². The molecule has 0 radical (unpaired) electrons. The molecule has 1 fully saturated rings. The number of ether oxygens (including phenoxy) is 3. The summed E-state index contributed by atoms with van der Waals surface area (Å²) in [5.41, 5.74) is 3.67. The van der Waals surface area contributed by atoms with Crippen LogP contribution in [0.5, 0.6) is 11.5 Å². The predicted octanol–water partition coefficient (Wildman–Crippen LogP) is 3.58. The van der Waals surface area contributed by atoms with Crippen LogP contribution in [-0.2, 0) is 11.8 Å². The summed E-state index contributed by atoms with van der Waals surface area (Å²) in [4.78, 5) is 15.2. The fourth-order valence-corrected chi connectivity index (χ4v) is 3.93. The van der Waals surface area contributed by atoms with E-state index in [1.54, 1.807) is 39.1 Å². The van der Waals surface area contributed by atoms with Crippen LogP contribution < -0.4 is 19.7 Å². The zero-order chi connectivity index (χ0) is 22.7. The molecule has 1 atom stereocenters. The minimum atomic E-state index is -0.235. The number of hydrogen-bond acceptors (Lipinski definition) is 6. The van der Waals surface area contributed by atoms with Crippen LogP contribution in [0.15, 0.2) is 48.5 Å². The van der Waals surface area contributed by atoms with Crippen molar-refractivity contribution in [1.82, 2.24) is 9.78 Å². The van der Waals surface area contributed by atoms with Crippen LogP contribution in [-0.4, -0.2) is 56.2 Å². The fraction of sp³-hybridized carbons (Fsp3) is 0.333. The maximum atomic E-state index is 12.9. The van der Waals surface area contributed by atoms with Gasteiger partial charge in [-0.15, -0.1) is 0 Å². The van der Waals surface area contributed by atoms with Crippen LogP contribution in [0.1, 0.15) is 16.9 Å². The van der Waals surface area contributed by atoms with E-state index < -0.39 is 0 Å². The number of aryl methyl sites for hydroxylation is 1. The first-order valence-corrected chi connectivity index (χ1v) is 10.5. The average Bonchev–Trinajstić information content (AvgIpc) is 3.46. The molecule has 0 aliphatic carbocycles. The highest BCUT2D eigenvalue weighted by atomic mass is 16.5. The summed E-state index contributed by atoms with van der Waals surface area (Å²) >= 11 is 0. The predicted molar refractivity (Wildman–Crippen MR) is 124 cm³/mol. The third-order valence-electron chi connectivity index (χ3n) is 5.76. The Balaban J connectivity index is 1.50. The molecule has 0 spiro atoms. The number of rotatable bonds is 7. The van der Waals surface area contributed by atoms with E-state index in [0.29, 0.717) is 22.9 Å². The van der Waals surface area contributed by atoms with Crippen molar-refractivity contribution >= 4 is 17.3 Å². The van der Waals surface area contributed by atoms with Crippen molar-refractivity contribution in [1.29, 1.82) is 0 Å². The second-order valence-corrected chi connectivity index (χ2v) is 7.70. The van der Waals surface area contributed by atoms with Gasteiger partial charge in [0, 0.05) is 44.2 Å². The van der Waals surface area contributed by atoms with Gasteiger partial charge in [0.15, 0.2) is 0 Å². The molecule has 4 rings (SSSR count). The van der Waals surface area contributed by atoms with Crippen LogP contribution in [0.3, 0.4) is 0 Å². The highest BCUT2D eigenvalue weighted by molar-refractivity contribution is 6.03. The topological polar surface area (TPSA) is 77.9 Å². The van der Waals surface area contributed by atoms with Gasteiger partial charge in [0.1, 0.15) is 17.2 Å². The first-order chi connectivity index (χ1) is 15.5. The minimum Gasteiger partial charge on any atom is -0.497 e. The number of benzene rings is 2. The van der Waals surface area contributed by atoms with Crippen molar-refractivity contribution in [3.63, 3.8) is 0 Å². The standard InChI is InChI=1S/C24H28N4O4/c1-27-22(14-21(26-27)20-13-18(30-2)9-10-23(20)32-4)24(29)25-16-5-7-17(8-6-16)28-12-11-19(15-28)31-3/h5-10,13-14,19H,11-12,15H2,1-4H3,(H,25,29). The molecule has 8 nitrogen and oxygen atoms in total. The van der Waals surface area contributed by atoms with E-state index in [9.17, 15) is 4.79 Å². The number of nitrogens with one attached hydrogen (secondary N) is 1. The molecule has 1 aliphatic rings. The van der Waals surface area contributed by atoms with E-state index in [-0.39, 0.29) is 12.0 Å². The van der Waals surface area contributed by atoms with Crippen LogP contribution in [0.2, 0.25) is 0 Å². The number of carbonyl (C=O) groups is 1. The second kappa shape index (κ2) is 9.32. The van der Waals surface area contributed by atoms with Crippen LogP contribution in [0, 0.1) is 0 Å². The molecule has 168 valence electrons. The van der Waals surface area contributed by atoms with E-state index in [4.69, 9.17) is 14.2 Å². The van der Waals surface area contributed by atoms with E-state index in [1.807, 2.05) is 42.5 Å². The third kappa shape index (κ3) is 4.40. The molecule has 1 saturated heterocycles. The number of carbonyl (C=O) groups excluding carboxylic acids is 1. The highest BCUT2D eigenvalue weighted by Crippen LogP contribution is 2.33. The summed E-state index contributed by atoms with van der Waals surface area (Å²) in [6.45, 7) is 1.85. The molecule has 1 amide bonds. The summed E-state index contributed by atoms with van der Waals surface area (Å²) in [6, 6.07) is 15.1. The van der Waals surface area contributed by atoms with E-state index in [1.165, 1.54) is 0 Å². The normalized spacial score (nSPS) is 15.6. The molecule has 3 aromatic rings. The lowest BCUT2D eigenvalue weighted by Gasteiger charge is -2.18. The van der Waals surface area contributed by atoms with E-state index in [0.717, 1.165) is 36.4 Å². The summed E-state index contributed by atoms with van der Waals surface area (Å²) < 4.78 is 17.8. The van der Waals surface area contributed by atoms with Gasteiger partial charge in [-0.25, -0.2) is 0 Å². The SMILES string of the molecule is COc1ccc(OC)c(-c2cc(C(=O)Nc3ccc(N4CCC(OC)C4)cc3)n(C)n2)c1. The van der Waals surface area contributed by atoms with Gasteiger partial charge in [0.05, 0.1) is 26.0 Å². The van der Waals surface area contributed by atoms with Gasteiger partial charge in [-0.1, -0.05) is 0 Å². The smallest absolute Gasteiger partial charge is 0.273 e. The van der Waals surface area contributed by atoms with Gasteiger partial charge in [0.2, 0.25) is 0 Å². The number of nitrogens with zero attached hydrogens (tertiary/aromatic N) is 3. The number of hydrogen-bond donors (Lipinski definition) is 1. The second-order valence-electron chi connectivity index (χ2n) is 7.70. The van der Waals surface area contributed by atoms with Crippen molar-refractivity contribution in [3.05, 3.63) is 54.2 Å². The number of amides is 1. The Morgan fingerprint density at radius 1 is 1.06 bits per heavy atom. The maximum Gasteiger partial charge on any atom is 0.273 e. The molecule has 0 saturated carbocycles. The molecule has 1 N–H and O–H groups in total. The molecular weight excluding hydrogens is 408 g/mol. The first-order valence-electron chi connectivity index (χ1n) is 10.5. The largest absolute Gasteiger partial charge is 0.497 e. The molecular formula is C24H28N4O4. The third-order valence-corrected chi connectivity index (χ3v) is 5.76. The summed E-state index contributed by atoms with van der Waals surface area (Å²) in [6.07, 6.45) is 1.30. The van der Waals surface area contributed by atoms with Gasteiger partial charge in [-0.3, -0.25) is 9.48 Å². The Morgan fingerprint density at radius 3 is 2.50 bits per heavy atom. The minimum absolute atomic E-state index is 0.235. The van der Waals surface area contributed by atoms with Crippen LogP contribution in [0.4, 0.5) is 11.4 Å². The van der Waals surface area contributed by atoms with Crippen molar-refractivity contribution in [2.75, 3.05) is 44.6 Å². The molecule has 8 heteroatoms. The molecule has 32 heavy (non-hydrogen) atoms. The molecule has 1 unspecified atom stereocenters. The van der Waals surface area contributed by atoms with Crippen molar-refractivity contribution in [2.24, 2.45) is 7.05 Å². The number of aromatic nitrogens is 2. The van der Waals surface area contributed by atoms with Crippen molar-refractivity contribution in [2.45, 2.75) is 12.5 Å². The Labute approximate surface area is 187 Å². The molecule has 1 aliphatic heterocycles. The van der Waals surface area contributed by atoms with Crippen molar-refractivity contribution < 1.29 is 19.0 Å². The Hall–Kier alpha value is -3.52. The lowest BCUT2D eigenvalue weighted by molar-refractivity contribution is 0.101.